The molecule has 1 unspecified atom stereocenters. The predicted molar refractivity (Wildman–Crippen MR) is 76.6 cm³/mol. The molecule has 1 aliphatic carbocycles. The fraction of sp³-hybridized carbons (Fsp3) is 0.438. The molecule has 0 bridgehead atoms. The van der Waals surface area contributed by atoms with E-state index in [4.69, 9.17) is 5.73 Å². The average molecular weight is 256 g/mol. The highest BCUT2D eigenvalue weighted by molar-refractivity contribution is 5.96. The van der Waals surface area contributed by atoms with Crippen LogP contribution in [0.25, 0.3) is 0 Å². The first-order chi connectivity index (χ1) is 9.22. The van der Waals surface area contributed by atoms with Crippen LogP contribution < -0.4 is 11.1 Å². The normalized spacial score (nSPS) is 15.3. The summed E-state index contributed by atoms with van der Waals surface area (Å²) in [4.78, 5) is 12.2. The molecule has 0 radical (unpaired) electrons. The quantitative estimate of drug-likeness (QED) is 0.807. The van der Waals surface area contributed by atoms with Gasteiger partial charge in [-0.2, -0.15) is 0 Å². The Labute approximate surface area is 114 Å². The Morgan fingerprint density at radius 1 is 1.47 bits per heavy atom. The molecule has 3 N–H and O–H groups in total. The van der Waals surface area contributed by atoms with Crippen molar-refractivity contribution in [2.45, 2.75) is 19.8 Å². The summed E-state index contributed by atoms with van der Waals surface area (Å²) < 4.78 is 0. The number of hydrogen-bond acceptors (Lipinski definition) is 2. The molecular weight excluding hydrogens is 236 g/mol. The minimum absolute atomic E-state index is 0.0468. The van der Waals surface area contributed by atoms with E-state index in [9.17, 15) is 4.79 Å². The number of carbonyl (C=O) groups is 1. The number of nitrogens with two attached hydrogens (primary N) is 1. The smallest absolute Gasteiger partial charge is 0.252 e. The lowest BCUT2D eigenvalue weighted by Crippen LogP contribution is -2.29. The van der Waals surface area contributed by atoms with Gasteiger partial charge >= 0.3 is 0 Å². The zero-order valence-electron chi connectivity index (χ0n) is 11.3. The van der Waals surface area contributed by atoms with E-state index < -0.39 is 0 Å². The molecule has 1 amide bonds. The molecular formula is C16H20N2O. The Bertz CT molecular complexity index is 509. The second-order valence-electron chi connectivity index (χ2n) is 5.08. The van der Waals surface area contributed by atoms with Gasteiger partial charge in [0.25, 0.3) is 5.91 Å². The van der Waals surface area contributed by atoms with Crippen molar-refractivity contribution < 1.29 is 4.79 Å². The third kappa shape index (κ3) is 3.84. The third-order valence-electron chi connectivity index (χ3n) is 3.51. The van der Waals surface area contributed by atoms with Crippen molar-refractivity contribution in [3.8, 4) is 11.8 Å². The van der Waals surface area contributed by atoms with Gasteiger partial charge in [0.1, 0.15) is 0 Å². The molecule has 0 spiro atoms. The number of nitrogens with one attached hydrogen (secondary N) is 1. The fourth-order valence-corrected chi connectivity index (χ4v) is 2.12. The zero-order valence-corrected chi connectivity index (χ0v) is 11.3. The largest absolute Gasteiger partial charge is 0.352 e. The maximum absolute atomic E-state index is 12.2. The molecule has 0 aliphatic heterocycles. The summed E-state index contributed by atoms with van der Waals surface area (Å²) >= 11 is 0. The highest BCUT2D eigenvalue weighted by atomic mass is 16.1. The minimum Gasteiger partial charge on any atom is -0.352 e. The van der Waals surface area contributed by atoms with E-state index in [0.717, 1.165) is 18.0 Å². The standard InChI is InChI=1S/C16H20N2O/c1-12(13-8-9-13)11-18-16(19)15-7-3-2-5-14(15)6-4-10-17/h2-3,5,7,12-13H,8-11,17H2,1H3,(H,18,19). The van der Waals surface area contributed by atoms with Crippen LogP contribution in [0.2, 0.25) is 0 Å². The fourth-order valence-electron chi connectivity index (χ4n) is 2.12. The number of amides is 1. The first-order valence-corrected chi connectivity index (χ1v) is 6.78. The first-order valence-electron chi connectivity index (χ1n) is 6.78. The summed E-state index contributed by atoms with van der Waals surface area (Å²) in [7, 11) is 0. The van der Waals surface area contributed by atoms with E-state index in [2.05, 4.69) is 24.1 Å². The van der Waals surface area contributed by atoms with Crippen LogP contribution in [-0.4, -0.2) is 19.0 Å². The van der Waals surface area contributed by atoms with E-state index in [0.29, 0.717) is 18.0 Å². The number of hydrogen-bond donors (Lipinski definition) is 2. The van der Waals surface area contributed by atoms with E-state index in [1.807, 2.05) is 18.2 Å². The summed E-state index contributed by atoms with van der Waals surface area (Å²) in [5.41, 5.74) is 6.74. The Morgan fingerprint density at radius 2 is 2.21 bits per heavy atom. The van der Waals surface area contributed by atoms with E-state index in [1.165, 1.54) is 12.8 Å². The number of rotatable bonds is 4. The summed E-state index contributed by atoms with van der Waals surface area (Å²) in [5.74, 6) is 7.04. The molecule has 2 rings (SSSR count). The molecule has 3 nitrogen and oxygen atoms in total. The van der Waals surface area contributed by atoms with Gasteiger partial charge < -0.3 is 11.1 Å². The number of carbonyl (C=O) groups excluding carboxylic acids is 1. The first kappa shape index (κ1) is 13.6. The van der Waals surface area contributed by atoms with E-state index in [1.54, 1.807) is 6.07 Å². The molecule has 1 saturated carbocycles. The predicted octanol–water partition coefficient (Wildman–Crippen LogP) is 1.77. The zero-order chi connectivity index (χ0) is 13.7. The molecule has 1 aliphatic rings. The highest BCUT2D eigenvalue weighted by Crippen LogP contribution is 2.36. The Hall–Kier alpha value is -1.79. The van der Waals surface area contributed by atoms with Crippen LogP contribution in [0.4, 0.5) is 0 Å². The summed E-state index contributed by atoms with van der Waals surface area (Å²) in [6, 6.07) is 7.39. The van der Waals surface area contributed by atoms with Gasteiger partial charge in [-0.25, -0.2) is 0 Å². The maximum Gasteiger partial charge on any atom is 0.252 e. The second kappa shape index (κ2) is 6.40. The minimum atomic E-state index is -0.0468. The van der Waals surface area contributed by atoms with Gasteiger partial charge in [0.2, 0.25) is 0 Å². The SMILES string of the molecule is CC(CNC(=O)c1ccccc1C#CCN)C1CC1. The Kier molecular flexibility index (Phi) is 4.59. The van der Waals surface area contributed by atoms with Crippen LogP contribution in [0.3, 0.4) is 0 Å². The van der Waals surface area contributed by atoms with Crippen LogP contribution >= 0.6 is 0 Å². The van der Waals surface area contributed by atoms with Gasteiger partial charge in [-0.05, 0) is 36.8 Å². The lowest BCUT2D eigenvalue weighted by molar-refractivity contribution is 0.0946. The van der Waals surface area contributed by atoms with Crippen LogP contribution in [0.1, 0.15) is 35.7 Å². The van der Waals surface area contributed by atoms with Crippen molar-refractivity contribution in [1.82, 2.24) is 5.32 Å². The lowest BCUT2D eigenvalue weighted by atomic mass is 10.0. The van der Waals surface area contributed by atoms with Crippen LogP contribution in [0, 0.1) is 23.7 Å². The van der Waals surface area contributed by atoms with Gasteiger partial charge in [0, 0.05) is 12.1 Å². The number of benzene rings is 1. The molecule has 1 aromatic rings. The molecule has 0 heterocycles. The van der Waals surface area contributed by atoms with Gasteiger partial charge in [-0.3, -0.25) is 4.79 Å². The van der Waals surface area contributed by atoms with Crippen molar-refractivity contribution >= 4 is 5.91 Å². The monoisotopic (exact) mass is 256 g/mol. The molecule has 0 saturated heterocycles. The Balaban J connectivity index is 2.01. The van der Waals surface area contributed by atoms with Crippen molar-refractivity contribution in [1.29, 1.82) is 0 Å². The van der Waals surface area contributed by atoms with Crippen molar-refractivity contribution in [2.24, 2.45) is 17.6 Å². The van der Waals surface area contributed by atoms with Gasteiger partial charge in [-0.15, -0.1) is 0 Å². The topological polar surface area (TPSA) is 55.1 Å². The molecule has 1 atom stereocenters. The van der Waals surface area contributed by atoms with Crippen LogP contribution in [-0.2, 0) is 0 Å². The summed E-state index contributed by atoms with van der Waals surface area (Å²) in [6.45, 7) is 3.23. The van der Waals surface area contributed by atoms with Gasteiger partial charge in [-0.1, -0.05) is 30.9 Å². The van der Waals surface area contributed by atoms with E-state index in [-0.39, 0.29) is 5.91 Å². The van der Waals surface area contributed by atoms with E-state index >= 15 is 0 Å². The van der Waals surface area contributed by atoms with Crippen LogP contribution in [0.15, 0.2) is 24.3 Å². The lowest BCUT2D eigenvalue weighted by Gasteiger charge is -2.12. The molecule has 0 aromatic heterocycles. The van der Waals surface area contributed by atoms with Crippen molar-refractivity contribution in [2.75, 3.05) is 13.1 Å². The summed E-state index contributed by atoms with van der Waals surface area (Å²) in [6.07, 6.45) is 2.60. The van der Waals surface area contributed by atoms with Gasteiger partial charge in [0.15, 0.2) is 0 Å². The third-order valence-corrected chi connectivity index (χ3v) is 3.51. The van der Waals surface area contributed by atoms with Crippen LogP contribution in [0.5, 0.6) is 0 Å². The molecule has 19 heavy (non-hydrogen) atoms. The average Bonchev–Trinajstić information content (AvgIpc) is 3.27. The molecule has 3 heteroatoms. The Morgan fingerprint density at radius 3 is 2.89 bits per heavy atom. The van der Waals surface area contributed by atoms with Gasteiger partial charge in [0.05, 0.1) is 12.1 Å². The molecule has 1 fully saturated rings. The summed E-state index contributed by atoms with van der Waals surface area (Å²) in [5, 5.41) is 3.00. The maximum atomic E-state index is 12.2. The highest BCUT2D eigenvalue weighted by Gasteiger charge is 2.27. The second-order valence-corrected chi connectivity index (χ2v) is 5.08. The van der Waals surface area contributed by atoms with Crippen molar-refractivity contribution in [3.63, 3.8) is 0 Å². The van der Waals surface area contributed by atoms with Crippen molar-refractivity contribution in [3.05, 3.63) is 35.4 Å². The molecule has 100 valence electrons. The molecule has 1 aromatic carbocycles.